The highest BCUT2D eigenvalue weighted by molar-refractivity contribution is 9.10. The van der Waals surface area contributed by atoms with Gasteiger partial charge in [-0.3, -0.25) is 4.68 Å². The van der Waals surface area contributed by atoms with E-state index in [1.165, 1.54) is 0 Å². The van der Waals surface area contributed by atoms with E-state index < -0.39 is 0 Å². The number of aryl methyl sites for hydroxylation is 1. The molecule has 0 aliphatic heterocycles. The molecule has 0 amide bonds. The molecule has 0 spiro atoms. The van der Waals surface area contributed by atoms with Crippen molar-refractivity contribution in [3.63, 3.8) is 0 Å². The maximum atomic E-state index is 5.48. The average Bonchev–Trinajstić information content (AvgIpc) is 2.98. The molecule has 1 unspecified atom stereocenters. The summed E-state index contributed by atoms with van der Waals surface area (Å²) in [5, 5.41) is 8.06. The summed E-state index contributed by atoms with van der Waals surface area (Å²) in [5.41, 5.74) is 2.29. The Bertz CT molecular complexity index is 559. The topological polar surface area (TPSA) is 43.0 Å². The molecule has 2 rings (SSSR count). The van der Waals surface area contributed by atoms with Crippen LogP contribution in [0.3, 0.4) is 0 Å². The lowest BCUT2D eigenvalue weighted by Gasteiger charge is -2.21. The third-order valence-corrected chi connectivity index (χ3v) is 3.84. The lowest BCUT2D eigenvalue weighted by Crippen LogP contribution is -2.26. The first kappa shape index (κ1) is 15.3. The van der Waals surface area contributed by atoms with Gasteiger partial charge in [0.25, 0.3) is 0 Å². The largest absolute Gasteiger partial charge is 0.469 e. The van der Waals surface area contributed by atoms with Gasteiger partial charge in [0.15, 0.2) is 0 Å². The van der Waals surface area contributed by atoms with Gasteiger partial charge < -0.3 is 9.73 Å². The summed E-state index contributed by atoms with van der Waals surface area (Å²) in [6.45, 7) is 9.36. The van der Waals surface area contributed by atoms with Crippen molar-refractivity contribution >= 4 is 15.9 Å². The summed E-state index contributed by atoms with van der Waals surface area (Å²) < 4.78 is 8.56. The summed E-state index contributed by atoms with van der Waals surface area (Å²) in [7, 11) is 0. The Hall–Kier alpha value is -1.07. The maximum absolute atomic E-state index is 5.48. The van der Waals surface area contributed by atoms with Crippen molar-refractivity contribution in [3.05, 3.63) is 40.0 Å². The fourth-order valence-electron chi connectivity index (χ4n) is 2.31. The average molecular weight is 340 g/mol. The van der Waals surface area contributed by atoms with Gasteiger partial charge in [-0.05, 0) is 55.7 Å². The van der Waals surface area contributed by atoms with E-state index in [4.69, 9.17) is 4.42 Å². The van der Waals surface area contributed by atoms with Crippen LogP contribution in [0.4, 0.5) is 0 Å². The lowest BCUT2D eigenvalue weighted by molar-refractivity contribution is 0.466. The molecule has 20 heavy (non-hydrogen) atoms. The molecule has 0 aliphatic carbocycles. The summed E-state index contributed by atoms with van der Waals surface area (Å²) >= 11 is 3.63. The predicted octanol–water partition coefficient (Wildman–Crippen LogP) is 4.22. The fourth-order valence-corrected chi connectivity index (χ4v) is 2.81. The molecule has 0 bridgehead atoms. The van der Waals surface area contributed by atoms with Gasteiger partial charge in [0.2, 0.25) is 0 Å². The van der Waals surface area contributed by atoms with E-state index in [0.717, 1.165) is 34.5 Å². The number of nitrogens with one attached hydrogen (secondary N) is 1. The lowest BCUT2D eigenvalue weighted by atomic mass is 10.1. The fraction of sp³-hybridized carbons (Fsp3) is 0.533. The zero-order chi connectivity index (χ0) is 14.7. The Morgan fingerprint density at radius 3 is 2.75 bits per heavy atom. The zero-order valence-electron chi connectivity index (χ0n) is 12.5. The molecule has 2 aromatic heterocycles. The van der Waals surface area contributed by atoms with E-state index in [-0.39, 0.29) is 6.04 Å². The van der Waals surface area contributed by atoms with Crippen LogP contribution >= 0.6 is 15.9 Å². The van der Waals surface area contributed by atoms with Crippen LogP contribution in [0.1, 0.15) is 56.3 Å². The van der Waals surface area contributed by atoms with E-state index >= 15 is 0 Å². The standard InChI is InChI=1S/C15H22BrN3O/c1-5-6-17-14(12-7-11(4)20-9-12)15-13(16)8-18-19(15)10(2)3/h7-10,14,17H,5-6H2,1-4H3. The molecule has 0 saturated carbocycles. The van der Waals surface area contributed by atoms with Gasteiger partial charge in [-0.1, -0.05) is 6.92 Å². The maximum Gasteiger partial charge on any atom is 0.101 e. The van der Waals surface area contributed by atoms with E-state index in [2.05, 4.69) is 57.9 Å². The molecule has 2 heterocycles. The molecule has 1 atom stereocenters. The van der Waals surface area contributed by atoms with Crippen LogP contribution in [-0.2, 0) is 0 Å². The number of nitrogens with zero attached hydrogens (tertiary/aromatic N) is 2. The number of halogens is 1. The number of rotatable bonds is 6. The molecule has 0 aliphatic rings. The van der Waals surface area contributed by atoms with Crippen molar-refractivity contribution in [1.29, 1.82) is 0 Å². The molecule has 110 valence electrons. The van der Waals surface area contributed by atoms with E-state index in [9.17, 15) is 0 Å². The number of hydrogen-bond donors (Lipinski definition) is 1. The van der Waals surface area contributed by atoms with E-state index in [1.807, 2.05) is 19.4 Å². The van der Waals surface area contributed by atoms with Gasteiger partial charge in [-0.15, -0.1) is 0 Å². The first-order chi connectivity index (χ1) is 9.54. The number of aromatic nitrogens is 2. The highest BCUT2D eigenvalue weighted by Crippen LogP contribution is 2.31. The molecule has 2 aromatic rings. The van der Waals surface area contributed by atoms with Crippen LogP contribution < -0.4 is 5.32 Å². The van der Waals surface area contributed by atoms with Crippen molar-refractivity contribution in [2.24, 2.45) is 0 Å². The number of furan rings is 1. The second-order valence-electron chi connectivity index (χ2n) is 5.29. The Morgan fingerprint density at radius 1 is 1.45 bits per heavy atom. The third kappa shape index (κ3) is 3.15. The SMILES string of the molecule is CCCNC(c1coc(C)c1)c1c(Br)cnn1C(C)C. The predicted molar refractivity (Wildman–Crippen MR) is 83.9 cm³/mol. The summed E-state index contributed by atoms with van der Waals surface area (Å²) in [6.07, 6.45) is 4.77. The smallest absolute Gasteiger partial charge is 0.101 e. The highest BCUT2D eigenvalue weighted by atomic mass is 79.9. The monoisotopic (exact) mass is 339 g/mol. The quantitative estimate of drug-likeness (QED) is 0.856. The molecule has 4 nitrogen and oxygen atoms in total. The van der Waals surface area contributed by atoms with Crippen LogP contribution in [0.5, 0.6) is 0 Å². The minimum atomic E-state index is 0.0895. The Balaban J connectivity index is 2.43. The Labute approximate surface area is 128 Å². The van der Waals surface area contributed by atoms with Crippen LogP contribution in [0.25, 0.3) is 0 Å². The second-order valence-corrected chi connectivity index (χ2v) is 6.15. The summed E-state index contributed by atoms with van der Waals surface area (Å²) in [5.74, 6) is 0.926. The first-order valence-corrected chi connectivity index (χ1v) is 7.85. The molecular formula is C15H22BrN3O. The van der Waals surface area contributed by atoms with Crippen LogP contribution in [0.2, 0.25) is 0 Å². The summed E-state index contributed by atoms with van der Waals surface area (Å²) in [4.78, 5) is 0. The van der Waals surface area contributed by atoms with Crippen LogP contribution in [0.15, 0.2) is 27.4 Å². The summed E-state index contributed by atoms with van der Waals surface area (Å²) in [6, 6.07) is 2.49. The molecular weight excluding hydrogens is 318 g/mol. The van der Waals surface area contributed by atoms with Crippen molar-refractivity contribution in [3.8, 4) is 0 Å². The van der Waals surface area contributed by atoms with Gasteiger partial charge in [0.05, 0.1) is 28.7 Å². The second kappa shape index (κ2) is 6.59. The van der Waals surface area contributed by atoms with Gasteiger partial charge in [-0.25, -0.2) is 0 Å². The molecule has 0 fully saturated rings. The minimum absolute atomic E-state index is 0.0895. The van der Waals surface area contributed by atoms with Gasteiger partial charge in [0.1, 0.15) is 5.76 Å². The van der Waals surface area contributed by atoms with Crippen LogP contribution in [-0.4, -0.2) is 16.3 Å². The first-order valence-electron chi connectivity index (χ1n) is 7.05. The molecule has 0 saturated heterocycles. The highest BCUT2D eigenvalue weighted by Gasteiger charge is 2.23. The molecule has 5 heteroatoms. The molecule has 0 aromatic carbocycles. The van der Waals surface area contributed by atoms with Gasteiger partial charge in [-0.2, -0.15) is 5.10 Å². The van der Waals surface area contributed by atoms with Crippen molar-refractivity contribution in [1.82, 2.24) is 15.1 Å². The minimum Gasteiger partial charge on any atom is -0.469 e. The number of hydrogen-bond acceptors (Lipinski definition) is 3. The third-order valence-electron chi connectivity index (χ3n) is 3.23. The van der Waals surface area contributed by atoms with Crippen molar-refractivity contribution in [2.45, 2.75) is 46.2 Å². The van der Waals surface area contributed by atoms with E-state index in [1.54, 1.807) is 0 Å². The van der Waals surface area contributed by atoms with Crippen LogP contribution in [0, 0.1) is 6.92 Å². The Kier molecular flexibility index (Phi) is 5.05. The van der Waals surface area contributed by atoms with Gasteiger partial charge >= 0.3 is 0 Å². The molecule has 1 N–H and O–H groups in total. The van der Waals surface area contributed by atoms with E-state index in [0.29, 0.717) is 6.04 Å². The van der Waals surface area contributed by atoms with Gasteiger partial charge in [0, 0.05) is 11.6 Å². The Morgan fingerprint density at radius 2 is 2.20 bits per heavy atom. The van der Waals surface area contributed by atoms with Crippen molar-refractivity contribution < 1.29 is 4.42 Å². The zero-order valence-corrected chi connectivity index (χ0v) is 14.1. The van der Waals surface area contributed by atoms with Crippen molar-refractivity contribution in [2.75, 3.05) is 6.54 Å². The normalized spacial score (nSPS) is 13.1. The molecule has 0 radical (unpaired) electrons.